The summed E-state index contributed by atoms with van der Waals surface area (Å²) in [5.41, 5.74) is 0. The Kier molecular flexibility index (Phi) is 5.90. The maximum absolute atomic E-state index is 12.8. The van der Waals surface area contributed by atoms with Gasteiger partial charge in [0.1, 0.15) is 0 Å². The van der Waals surface area contributed by atoms with Crippen LogP contribution in [0.1, 0.15) is 56.2 Å². The summed E-state index contributed by atoms with van der Waals surface area (Å²) in [6, 6.07) is 4.19. The van der Waals surface area contributed by atoms with E-state index >= 15 is 0 Å². The molecular formula is C18H27NO2S. The first-order valence-corrected chi connectivity index (χ1v) is 9.61. The molecule has 1 aliphatic heterocycles. The summed E-state index contributed by atoms with van der Waals surface area (Å²) in [5.74, 6) is 0.937. The van der Waals surface area contributed by atoms with Crippen LogP contribution in [0.3, 0.4) is 0 Å². The van der Waals surface area contributed by atoms with Gasteiger partial charge in [-0.3, -0.25) is 4.79 Å². The van der Waals surface area contributed by atoms with Crippen molar-refractivity contribution in [3.63, 3.8) is 0 Å². The van der Waals surface area contributed by atoms with Gasteiger partial charge in [0.15, 0.2) is 0 Å². The Bertz CT molecular complexity index is 448. The topological polar surface area (TPSA) is 29.5 Å². The standard InChI is InChI=1S/C18H27NO2S/c20-18(12-15-6-2-1-3-7-15)19(13-16-8-4-10-21-16)14-17-9-5-11-22-17/h5,9,11,15-16H,1-4,6-8,10,12-14H2. The molecule has 1 unspecified atom stereocenters. The first-order chi connectivity index (χ1) is 10.8. The summed E-state index contributed by atoms with van der Waals surface area (Å²) in [6.45, 7) is 2.38. The van der Waals surface area contributed by atoms with Crippen LogP contribution in [-0.2, 0) is 16.1 Å². The number of amides is 1. The van der Waals surface area contributed by atoms with Crippen molar-refractivity contribution in [2.45, 2.75) is 64.0 Å². The summed E-state index contributed by atoms with van der Waals surface area (Å²) >= 11 is 1.74. The van der Waals surface area contributed by atoms with Crippen molar-refractivity contribution in [2.24, 2.45) is 5.92 Å². The number of carbonyl (C=O) groups is 1. The first kappa shape index (κ1) is 16.0. The van der Waals surface area contributed by atoms with Gasteiger partial charge in [0.05, 0.1) is 12.6 Å². The van der Waals surface area contributed by atoms with Crippen molar-refractivity contribution in [2.75, 3.05) is 13.2 Å². The second kappa shape index (κ2) is 8.11. The summed E-state index contributed by atoms with van der Waals surface area (Å²) in [7, 11) is 0. The summed E-state index contributed by atoms with van der Waals surface area (Å²) in [6.07, 6.45) is 9.62. The van der Waals surface area contributed by atoms with Crippen molar-refractivity contribution in [1.29, 1.82) is 0 Å². The van der Waals surface area contributed by atoms with Crippen molar-refractivity contribution < 1.29 is 9.53 Å². The highest BCUT2D eigenvalue weighted by molar-refractivity contribution is 7.09. The van der Waals surface area contributed by atoms with Crippen molar-refractivity contribution in [3.05, 3.63) is 22.4 Å². The monoisotopic (exact) mass is 321 g/mol. The van der Waals surface area contributed by atoms with E-state index in [4.69, 9.17) is 4.74 Å². The Morgan fingerprint density at radius 2 is 2.09 bits per heavy atom. The minimum atomic E-state index is 0.246. The lowest BCUT2D eigenvalue weighted by Crippen LogP contribution is -2.37. The maximum atomic E-state index is 12.8. The van der Waals surface area contributed by atoms with Gasteiger partial charge in [-0.25, -0.2) is 0 Å². The molecular weight excluding hydrogens is 294 g/mol. The number of hydrogen-bond acceptors (Lipinski definition) is 3. The fraction of sp³-hybridized carbons (Fsp3) is 0.722. The summed E-state index contributed by atoms with van der Waals surface area (Å²) < 4.78 is 5.75. The Morgan fingerprint density at radius 3 is 2.77 bits per heavy atom. The van der Waals surface area contributed by atoms with Crippen LogP contribution in [0.5, 0.6) is 0 Å². The molecule has 3 nitrogen and oxygen atoms in total. The van der Waals surface area contributed by atoms with Crippen LogP contribution >= 0.6 is 11.3 Å². The lowest BCUT2D eigenvalue weighted by Gasteiger charge is -2.28. The molecule has 1 aromatic heterocycles. The second-order valence-electron chi connectivity index (χ2n) is 6.70. The van der Waals surface area contributed by atoms with Crippen LogP contribution < -0.4 is 0 Å². The summed E-state index contributed by atoms with van der Waals surface area (Å²) in [5, 5.41) is 2.09. The molecule has 1 aromatic rings. The Hall–Kier alpha value is -0.870. The molecule has 1 atom stereocenters. The third-order valence-corrected chi connectivity index (χ3v) is 5.78. The highest BCUT2D eigenvalue weighted by Crippen LogP contribution is 2.27. The zero-order valence-corrected chi connectivity index (χ0v) is 14.2. The first-order valence-electron chi connectivity index (χ1n) is 8.73. The molecule has 0 aromatic carbocycles. The van der Waals surface area contributed by atoms with E-state index < -0.39 is 0 Å². The van der Waals surface area contributed by atoms with Crippen LogP contribution in [0, 0.1) is 5.92 Å². The van der Waals surface area contributed by atoms with Crippen molar-refractivity contribution in [1.82, 2.24) is 4.90 Å². The molecule has 0 N–H and O–H groups in total. The molecule has 0 bridgehead atoms. The molecule has 3 rings (SSSR count). The second-order valence-corrected chi connectivity index (χ2v) is 7.73. The van der Waals surface area contributed by atoms with Gasteiger partial charge in [-0.15, -0.1) is 11.3 Å². The molecule has 1 saturated carbocycles. The molecule has 0 spiro atoms. The van der Waals surface area contributed by atoms with Gasteiger partial charge in [-0.1, -0.05) is 25.3 Å². The lowest BCUT2D eigenvalue weighted by atomic mass is 9.86. The average Bonchev–Trinajstić information content (AvgIpc) is 3.21. The normalized spacial score (nSPS) is 22.8. The molecule has 1 aliphatic carbocycles. The number of carbonyl (C=O) groups excluding carboxylic acids is 1. The molecule has 2 aliphatic rings. The van der Waals surface area contributed by atoms with Gasteiger partial charge in [0.25, 0.3) is 0 Å². The molecule has 22 heavy (non-hydrogen) atoms. The number of nitrogens with zero attached hydrogens (tertiary/aromatic N) is 1. The van der Waals surface area contributed by atoms with Gasteiger partial charge in [0.2, 0.25) is 5.91 Å². The SMILES string of the molecule is O=C(CC1CCCCC1)N(Cc1cccs1)CC1CCCO1. The van der Waals surface area contributed by atoms with Crippen LogP contribution in [0.15, 0.2) is 17.5 Å². The van der Waals surface area contributed by atoms with Crippen LogP contribution in [0.25, 0.3) is 0 Å². The molecule has 4 heteroatoms. The van der Waals surface area contributed by atoms with Gasteiger partial charge in [-0.05, 0) is 43.0 Å². The van der Waals surface area contributed by atoms with E-state index in [1.54, 1.807) is 11.3 Å². The Morgan fingerprint density at radius 1 is 1.23 bits per heavy atom. The Balaban J connectivity index is 1.59. The molecule has 2 fully saturated rings. The van der Waals surface area contributed by atoms with Gasteiger partial charge in [-0.2, -0.15) is 0 Å². The van der Waals surface area contributed by atoms with E-state index in [9.17, 15) is 4.79 Å². The van der Waals surface area contributed by atoms with E-state index in [1.165, 1.54) is 37.0 Å². The highest BCUT2D eigenvalue weighted by atomic mass is 32.1. The smallest absolute Gasteiger partial charge is 0.223 e. The predicted molar refractivity (Wildman–Crippen MR) is 89.9 cm³/mol. The summed E-state index contributed by atoms with van der Waals surface area (Å²) in [4.78, 5) is 16.1. The zero-order chi connectivity index (χ0) is 15.2. The predicted octanol–water partition coefficient (Wildman–Crippen LogP) is 4.23. The number of thiophene rings is 1. The van der Waals surface area contributed by atoms with E-state index in [0.717, 1.165) is 39.0 Å². The quantitative estimate of drug-likeness (QED) is 0.785. The lowest BCUT2D eigenvalue weighted by molar-refractivity contribution is -0.134. The number of hydrogen-bond donors (Lipinski definition) is 0. The average molecular weight is 321 g/mol. The molecule has 1 amide bonds. The molecule has 1 saturated heterocycles. The molecule has 0 radical (unpaired) electrons. The van der Waals surface area contributed by atoms with E-state index in [1.807, 2.05) is 0 Å². The minimum absolute atomic E-state index is 0.246. The van der Waals surface area contributed by atoms with Gasteiger partial charge >= 0.3 is 0 Å². The number of ether oxygens (including phenoxy) is 1. The van der Waals surface area contributed by atoms with Crippen LogP contribution in [0.2, 0.25) is 0 Å². The molecule has 2 heterocycles. The molecule has 122 valence electrons. The Labute approximate surface area is 137 Å². The fourth-order valence-electron chi connectivity index (χ4n) is 3.65. The number of rotatable bonds is 6. The van der Waals surface area contributed by atoms with Crippen molar-refractivity contribution >= 4 is 17.2 Å². The fourth-order valence-corrected chi connectivity index (χ4v) is 4.37. The van der Waals surface area contributed by atoms with E-state index in [2.05, 4.69) is 22.4 Å². The third kappa shape index (κ3) is 4.56. The van der Waals surface area contributed by atoms with Gasteiger partial charge in [0, 0.05) is 24.4 Å². The highest BCUT2D eigenvalue weighted by Gasteiger charge is 2.25. The van der Waals surface area contributed by atoms with E-state index in [0.29, 0.717) is 11.8 Å². The largest absolute Gasteiger partial charge is 0.376 e. The van der Waals surface area contributed by atoms with Crippen LogP contribution in [0.4, 0.5) is 0 Å². The van der Waals surface area contributed by atoms with E-state index in [-0.39, 0.29) is 6.10 Å². The van der Waals surface area contributed by atoms with Crippen molar-refractivity contribution in [3.8, 4) is 0 Å². The zero-order valence-electron chi connectivity index (χ0n) is 13.3. The van der Waals surface area contributed by atoms with Crippen LogP contribution in [-0.4, -0.2) is 30.1 Å². The maximum Gasteiger partial charge on any atom is 0.223 e. The van der Waals surface area contributed by atoms with Gasteiger partial charge < -0.3 is 9.64 Å². The minimum Gasteiger partial charge on any atom is -0.376 e. The third-order valence-electron chi connectivity index (χ3n) is 4.92.